The third-order valence-corrected chi connectivity index (χ3v) is 4.79. The molecule has 0 bridgehead atoms. The van der Waals surface area contributed by atoms with Crippen molar-refractivity contribution in [1.29, 1.82) is 0 Å². The molecule has 0 saturated heterocycles. The predicted molar refractivity (Wildman–Crippen MR) is 96.6 cm³/mol. The van der Waals surface area contributed by atoms with Crippen LogP contribution in [0.2, 0.25) is 0 Å². The predicted octanol–water partition coefficient (Wildman–Crippen LogP) is 1.86. The number of nitrogens with zero attached hydrogens (tertiary/aromatic N) is 3. The van der Waals surface area contributed by atoms with Gasteiger partial charge in [-0.1, -0.05) is 22.4 Å². The number of methoxy groups -OCH3 is 1. The van der Waals surface area contributed by atoms with Gasteiger partial charge in [0.1, 0.15) is 18.1 Å². The zero-order valence-corrected chi connectivity index (χ0v) is 15.7. The van der Waals surface area contributed by atoms with E-state index in [1.165, 1.54) is 4.68 Å². The molecular weight excluding hydrogens is 388 g/mol. The van der Waals surface area contributed by atoms with Crippen LogP contribution in [0.4, 0.5) is 0 Å². The Morgan fingerprint density at radius 3 is 3.00 bits per heavy atom. The van der Waals surface area contributed by atoms with Crippen LogP contribution in [-0.4, -0.2) is 27.4 Å². The largest absolute Gasteiger partial charge is 0.496 e. The third kappa shape index (κ3) is 4.12. The lowest BCUT2D eigenvalue weighted by molar-refractivity contribution is -0.122. The number of hydrogen-bond acceptors (Lipinski definition) is 4. The number of rotatable bonds is 5. The van der Waals surface area contributed by atoms with Crippen molar-refractivity contribution in [2.45, 2.75) is 45.3 Å². The Morgan fingerprint density at radius 1 is 1.36 bits per heavy atom. The molecule has 0 spiro atoms. The molecule has 1 aromatic carbocycles. The average Bonchev–Trinajstić information content (AvgIpc) is 2.77. The molecule has 1 amide bonds. The molecule has 0 unspecified atom stereocenters. The summed E-state index contributed by atoms with van der Waals surface area (Å²) in [7, 11) is 1.59. The summed E-state index contributed by atoms with van der Waals surface area (Å²) in [6, 6.07) is 5.61. The molecule has 3 rings (SSSR count). The normalized spacial score (nSPS) is 13.8. The molecular formula is C17H21BrN4O3. The van der Waals surface area contributed by atoms with Crippen molar-refractivity contribution in [1.82, 2.24) is 19.7 Å². The van der Waals surface area contributed by atoms with E-state index in [2.05, 4.69) is 26.3 Å². The van der Waals surface area contributed by atoms with Crippen LogP contribution in [-0.2, 0) is 30.8 Å². The average molecular weight is 409 g/mol. The monoisotopic (exact) mass is 408 g/mol. The van der Waals surface area contributed by atoms with E-state index in [1.54, 1.807) is 11.7 Å². The second-order valence-electron chi connectivity index (χ2n) is 6.05. The standard InChI is InChI=1S/C17H21BrN4O3/c1-25-14-7-6-13(18)9-12(14)10-19-16(23)11-22-17(24)21-8-4-2-3-5-15(21)20-22/h6-7,9H,2-5,8,10-11H2,1H3,(H,19,23). The first-order valence-corrected chi connectivity index (χ1v) is 9.13. The van der Waals surface area contributed by atoms with Gasteiger partial charge in [0.15, 0.2) is 0 Å². The van der Waals surface area contributed by atoms with Crippen LogP contribution in [0.1, 0.15) is 30.7 Å². The van der Waals surface area contributed by atoms with E-state index in [0.717, 1.165) is 41.5 Å². The van der Waals surface area contributed by atoms with Crippen molar-refractivity contribution in [3.05, 3.63) is 44.5 Å². The fourth-order valence-electron chi connectivity index (χ4n) is 3.00. The van der Waals surface area contributed by atoms with Gasteiger partial charge in [-0.3, -0.25) is 9.36 Å². The Balaban J connectivity index is 1.66. The van der Waals surface area contributed by atoms with E-state index in [4.69, 9.17) is 4.74 Å². The first kappa shape index (κ1) is 17.7. The minimum absolute atomic E-state index is 0.0743. The molecule has 0 fully saturated rings. The van der Waals surface area contributed by atoms with Gasteiger partial charge < -0.3 is 10.1 Å². The second-order valence-corrected chi connectivity index (χ2v) is 6.97. The lowest BCUT2D eigenvalue weighted by Crippen LogP contribution is -2.33. The van der Waals surface area contributed by atoms with Crippen LogP contribution in [0, 0.1) is 0 Å². The number of fused-ring (bicyclic) bond motifs is 1. The second kappa shape index (κ2) is 7.86. The first-order valence-electron chi connectivity index (χ1n) is 8.34. The van der Waals surface area contributed by atoms with Gasteiger partial charge >= 0.3 is 5.69 Å². The van der Waals surface area contributed by atoms with E-state index in [0.29, 0.717) is 18.8 Å². The third-order valence-electron chi connectivity index (χ3n) is 4.29. The molecule has 0 aliphatic carbocycles. The lowest BCUT2D eigenvalue weighted by atomic mass is 10.2. The van der Waals surface area contributed by atoms with Crippen molar-refractivity contribution in [2.24, 2.45) is 0 Å². The van der Waals surface area contributed by atoms with Gasteiger partial charge in [-0.25, -0.2) is 9.48 Å². The van der Waals surface area contributed by atoms with Gasteiger partial charge in [-0.05, 0) is 31.0 Å². The molecule has 1 N–H and O–H groups in total. The molecule has 25 heavy (non-hydrogen) atoms. The van der Waals surface area contributed by atoms with Gasteiger partial charge in [-0.2, -0.15) is 5.10 Å². The van der Waals surface area contributed by atoms with Crippen molar-refractivity contribution in [3.63, 3.8) is 0 Å². The Morgan fingerprint density at radius 2 is 2.20 bits per heavy atom. The van der Waals surface area contributed by atoms with Gasteiger partial charge in [0.05, 0.1) is 7.11 Å². The van der Waals surface area contributed by atoms with Crippen LogP contribution < -0.4 is 15.7 Å². The minimum Gasteiger partial charge on any atom is -0.496 e. The molecule has 0 saturated carbocycles. The highest BCUT2D eigenvalue weighted by Crippen LogP contribution is 2.22. The molecule has 8 heteroatoms. The summed E-state index contributed by atoms with van der Waals surface area (Å²) in [4.78, 5) is 24.6. The summed E-state index contributed by atoms with van der Waals surface area (Å²) < 4.78 is 9.15. The zero-order chi connectivity index (χ0) is 17.8. The van der Waals surface area contributed by atoms with Crippen LogP contribution in [0.3, 0.4) is 0 Å². The number of carbonyl (C=O) groups is 1. The van der Waals surface area contributed by atoms with E-state index in [9.17, 15) is 9.59 Å². The fourth-order valence-corrected chi connectivity index (χ4v) is 3.41. The fraction of sp³-hybridized carbons (Fsp3) is 0.471. The molecule has 2 aromatic rings. The van der Waals surface area contributed by atoms with Crippen molar-refractivity contribution < 1.29 is 9.53 Å². The van der Waals surface area contributed by atoms with Gasteiger partial charge in [0.2, 0.25) is 5.91 Å². The number of aryl methyl sites for hydroxylation is 1. The van der Waals surface area contributed by atoms with Crippen molar-refractivity contribution in [2.75, 3.05) is 7.11 Å². The molecule has 0 atom stereocenters. The van der Waals surface area contributed by atoms with Gasteiger partial charge in [0.25, 0.3) is 0 Å². The van der Waals surface area contributed by atoms with Crippen LogP contribution >= 0.6 is 15.9 Å². The number of nitrogens with one attached hydrogen (secondary N) is 1. The van der Waals surface area contributed by atoms with E-state index in [-0.39, 0.29) is 18.1 Å². The maximum Gasteiger partial charge on any atom is 0.346 e. The number of benzene rings is 1. The summed E-state index contributed by atoms with van der Waals surface area (Å²) in [5.41, 5.74) is 0.658. The Labute approximate surface area is 154 Å². The Kier molecular flexibility index (Phi) is 5.57. The molecule has 0 radical (unpaired) electrons. The Bertz CT molecular complexity index is 828. The molecule has 7 nitrogen and oxygen atoms in total. The number of ether oxygens (including phenoxy) is 1. The summed E-state index contributed by atoms with van der Waals surface area (Å²) >= 11 is 3.41. The summed E-state index contributed by atoms with van der Waals surface area (Å²) in [6.07, 6.45) is 3.91. The molecule has 1 aromatic heterocycles. The summed E-state index contributed by atoms with van der Waals surface area (Å²) in [5.74, 6) is 1.23. The molecule has 1 aliphatic heterocycles. The highest BCUT2D eigenvalue weighted by Gasteiger charge is 2.17. The van der Waals surface area contributed by atoms with Crippen LogP contribution in [0.5, 0.6) is 5.75 Å². The number of aromatic nitrogens is 3. The summed E-state index contributed by atoms with van der Waals surface area (Å²) in [5, 5.41) is 7.15. The van der Waals surface area contributed by atoms with Gasteiger partial charge in [0, 0.05) is 29.5 Å². The topological polar surface area (TPSA) is 78.2 Å². The number of amides is 1. The molecule has 2 heterocycles. The quantitative estimate of drug-likeness (QED) is 0.818. The SMILES string of the molecule is COc1ccc(Br)cc1CNC(=O)Cn1nc2n(c1=O)CCCCC2. The van der Waals surface area contributed by atoms with E-state index >= 15 is 0 Å². The van der Waals surface area contributed by atoms with Crippen LogP contribution in [0.15, 0.2) is 27.5 Å². The Hall–Kier alpha value is -2.09. The van der Waals surface area contributed by atoms with E-state index in [1.807, 2.05) is 18.2 Å². The smallest absolute Gasteiger partial charge is 0.346 e. The number of halogens is 1. The molecule has 134 valence electrons. The first-order chi connectivity index (χ1) is 12.1. The van der Waals surface area contributed by atoms with Crippen molar-refractivity contribution in [3.8, 4) is 5.75 Å². The maximum absolute atomic E-state index is 12.4. The number of carbonyl (C=O) groups excluding carboxylic acids is 1. The number of hydrogen-bond donors (Lipinski definition) is 1. The molecule has 1 aliphatic rings. The van der Waals surface area contributed by atoms with Gasteiger partial charge in [-0.15, -0.1) is 0 Å². The highest BCUT2D eigenvalue weighted by atomic mass is 79.9. The highest BCUT2D eigenvalue weighted by molar-refractivity contribution is 9.10. The lowest BCUT2D eigenvalue weighted by Gasteiger charge is -2.10. The van der Waals surface area contributed by atoms with E-state index < -0.39 is 0 Å². The van der Waals surface area contributed by atoms with Crippen molar-refractivity contribution >= 4 is 21.8 Å². The zero-order valence-electron chi connectivity index (χ0n) is 14.1. The van der Waals surface area contributed by atoms with Crippen LogP contribution in [0.25, 0.3) is 0 Å². The summed E-state index contributed by atoms with van der Waals surface area (Å²) in [6.45, 7) is 0.934. The minimum atomic E-state index is -0.252. The maximum atomic E-state index is 12.4.